The number of H-pyrrole nitrogens is 1. The van der Waals surface area contributed by atoms with Gasteiger partial charge in [-0.1, -0.05) is 29.8 Å². The molecule has 0 fully saturated rings. The number of carbonyl (C=O) groups is 1. The summed E-state index contributed by atoms with van der Waals surface area (Å²) in [7, 11) is -2.29. The minimum absolute atomic E-state index is 0.178. The van der Waals surface area contributed by atoms with Crippen LogP contribution in [0.15, 0.2) is 77.7 Å². The number of carboxylic acid groups (broad SMARTS) is 1. The minimum atomic E-state index is -3.76. The number of hydrogen-bond donors (Lipinski definition) is 2. The Morgan fingerprint density at radius 3 is 2.31 bits per heavy atom. The largest absolute Gasteiger partial charge is 0.477 e. The van der Waals surface area contributed by atoms with Crippen molar-refractivity contribution in [1.29, 1.82) is 0 Å². The Bertz CT molecular complexity index is 1710. The van der Waals surface area contributed by atoms with Crippen molar-refractivity contribution in [3.8, 4) is 11.3 Å². The average Bonchev–Trinajstić information content (AvgIpc) is 3.21. The van der Waals surface area contributed by atoms with Gasteiger partial charge in [-0.05, 0) is 55.5 Å². The Morgan fingerprint density at radius 1 is 0.971 bits per heavy atom. The fraction of sp³-hybridized carbons (Fsp3) is 0.0769. The molecule has 9 heteroatoms. The predicted octanol–water partition coefficient (Wildman–Crippen LogP) is 5.35. The molecule has 0 aliphatic rings. The van der Waals surface area contributed by atoms with E-state index in [-0.39, 0.29) is 10.6 Å². The number of nitrogens with zero attached hydrogens (tertiary/aromatic N) is 2. The highest BCUT2D eigenvalue weighted by Gasteiger charge is 2.22. The van der Waals surface area contributed by atoms with Crippen molar-refractivity contribution >= 4 is 43.5 Å². The van der Waals surface area contributed by atoms with Gasteiger partial charge in [0.25, 0.3) is 10.0 Å². The van der Waals surface area contributed by atoms with Gasteiger partial charge in [0.05, 0.1) is 21.8 Å². The summed E-state index contributed by atoms with van der Waals surface area (Å²) in [5, 5.41) is 10.7. The third kappa shape index (κ3) is 3.89. The number of fused-ring (bicyclic) bond motifs is 3. The molecule has 0 saturated carbocycles. The lowest BCUT2D eigenvalue weighted by Gasteiger charge is -2.20. The number of aromatic nitrogens is 2. The average molecular weight is 490 g/mol. The summed E-state index contributed by atoms with van der Waals surface area (Å²) >= 11 is 0. The van der Waals surface area contributed by atoms with Crippen molar-refractivity contribution in [2.24, 2.45) is 0 Å². The van der Waals surface area contributed by atoms with Crippen molar-refractivity contribution in [1.82, 2.24) is 9.97 Å². The fourth-order valence-electron chi connectivity index (χ4n) is 4.02. The number of rotatable bonds is 5. The van der Waals surface area contributed by atoms with Crippen molar-refractivity contribution in [3.63, 3.8) is 0 Å². The SMILES string of the molecule is Cc1ccc(S(=O)(=O)N(C)c2ccc(-c3nc(C(=O)O)cc4c3[nH]c3ccc(F)cc34)cc2)cc1. The van der Waals surface area contributed by atoms with Crippen molar-refractivity contribution in [2.75, 3.05) is 11.4 Å². The van der Waals surface area contributed by atoms with Crippen LogP contribution >= 0.6 is 0 Å². The smallest absolute Gasteiger partial charge is 0.354 e. The molecule has 35 heavy (non-hydrogen) atoms. The van der Waals surface area contributed by atoms with E-state index in [0.717, 1.165) is 5.56 Å². The number of aromatic amines is 1. The topological polar surface area (TPSA) is 103 Å². The summed E-state index contributed by atoms with van der Waals surface area (Å²) in [6, 6.07) is 18.9. The van der Waals surface area contributed by atoms with Gasteiger partial charge < -0.3 is 10.1 Å². The van der Waals surface area contributed by atoms with Crippen LogP contribution in [0.4, 0.5) is 10.1 Å². The number of sulfonamides is 1. The molecular formula is C26H20FN3O4S. The van der Waals surface area contributed by atoms with Gasteiger partial charge in [0.2, 0.25) is 0 Å². The summed E-state index contributed by atoms with van der Waals surface area (Å²) in [5.74, 6) is -1.64. The maximum atomic E-state index is 13.9. The number of halogens is 1. The third-order valence-electron chi connectivity index (χ3n) is 5.95. The van der Waals surface area contributed by atoms with Gasteiger partial charge in [0.15, 0.2) is 0 Å². The first-order valence-electron chi connectivity index (χ1n) is 10.7. The zero-order valence-corrected chi connectivity index (χ0v) is 19.6. The Labute approximate surface area is 200 Å². The van der Waals surface area contributed by atoms with E-state index in [2.05, 4.69) is 9.97 Å². The number of pyridine rings is 1. The van der Waals surface area contributed by atoms with E-state index in [0.29, 0.717) is 38.8 Å². The molecule has 0 aliphatic carbocycles. The Balaban J connectivity index is 1.60. The molecule has 0 aliphatic heterocycles. The lowest BCUT2D eigenvalue weighted by atomic mass is 10.1. The lowest BCUT2D eigenvalue weighted by Crippen LogP contribution is -2.26. The zero-order valence-electron chi connectivity index (χ0n) is 18.8. The highest BCUT2D eigenvalue weighted by Crippen LogP contribution is 2.34. The first-order valence-corrected chi connectivity index (χ1v) is 12.1. The van der Waals surface area contributed by atoms with Gasteiger partial charge in [-0.3, -0.25) is 4.31 Å². The summed E-state index contributed by atoms with van der Waals surface area (Å²) in [6.45, 7) is 1.88. The predicted molar refractivity (Wildman–Crippen MR) is 133 cm³/mol. The van der Waals surface area contributed by atoms with Gasteiger partial charge in [0, 0.05) is 28.9 Å². The number of carboxylic acids is 1. The number of nitrogens with one attached hydrogen (secondary N) is 1. The number of aryl methyl sites for hydroxylation is 1. The van der Waals surface area contributed by atoms with Crippen molar-refractivity contribution < 1.29 is 22.7 Å². The van der Waals surface area contributed by atoms with Crippen molar-refractivity contribution in [3.05, 3.63) is 89.9 Å². The minimum Gasteiger partial charge on any atom is -0.477 e. The molecule has 3 aromatic carbocycles. The first kappa shape index (κ1) is 22.5. The molecule has 5 rings (SSSR count). The fourth-order valence-corrected chi connectivity index (χ4v) is 5.22. The standard InChI is InChI=1S/C26H20FN3O4S/c1-15-3-10-19(11-4-15)35(33,34)30(2)18-8-5-16(6-9-18)24-25-21(14-23(29-24)26(31)32)20-13-17(27)7-12-22(20)28-25/h3-14,28H,1-2H3,(H,31,32). The van der Waals surface area contributed by atoms with Crippen LogP contribution in [0.2, 0.25) is 0 Å². The second-order valence-corrected chi connectivity index (χ2v) is 10.2. The van der Waals surface area contributed by atoms with Crippen LogP contribution in [0, 0.1) is 12.7 Å². The number of benzene rings is 3. The summed E-state index contributed by atoms with van der Waals surface area (Å²) in [5.41, 5.74) is 3.36. The Hall–Kier alpha value is -4.24. The maximum absolute atomic E-state index is 13.9. The molecule has 0 atom stereocenters. The lowest BCUT2D eigenvalue weighted by molar-refractivity contribution is 0.0691. The van der Waals surface area contributed by atoms with E-state index in [1.54, 1.807) is 54.6 Å². The van der Waals surface area contributed by atoms with Crippen LogP contribution in [0.5, 0.6) is 0 Å². The molecule has 2 heterocycles. The molecule has 0 unspecified atom stereocenters. The summed E-state index contributed by atoms with van der Waals surface area (Å²) in [6.07, 6.45) is 0. The van der Waals surface area contributed by atoms with Crippen LogP contribution in [-0.4, -0.2) is 36.5 Å². The zero-order chi connectivity index (χ0) is 24.9. The van der Waals surface area contributed by atoms with Crippen molar-refractivity contribution in [2.45, 2.75) is 11.8 Å². The molecule has 0 bridgehead atoms. The Morgan fingerprint density at radius 2 is 1.66 bits per heavy atom. The number of anilines is 1. The molecule has 0 spiro atoms. The molecule has 2 N–H and O–H groups in total. The van der Waals surface area contributed by atoms with Crippen LogP contribution in [-0.2, 0) is 10.0 Å². The maximum Gasteiger partial charge on any atom is 0.354 e. The normalized spacial score (nSPS) is 11.7. The monoisotopic (exact) mass is 489 g/mol. The molecule has 5 aromatic rings. The molecule has 0 amide bonds. The van der Waals surface area contributed by atoms with Gasteiger partial charge in [-0.15, -0.1) is 0 Å². The van der Waals surface area contributed by atoms with Gasteiger partial charge in [-0.25, -0.2) is 22.6 Å². The third-order valence-corrected chi connectivity index (χ3v) is 7.75. The van der Waals surface area contributed by atoms with E-state index in [9.17, 15) is 22.7 Å². The van der Waals surface area contributed by atoms with Crippen LogP contribution in [0.25, 0.3) is 33.1 Å². The Kier molecular flexibility index (Phi) is 5.29. The van der Waals surface area contributed by atoms with E-state index < -0.39 is 21.8 Å². The highest BCUT2D eigenvalue weighted by molar-refractivity contribution is 7.92. The second kappa shape index (κ2) is 8.21. The quantitative estimate of drug-likeness (QED) is 0.346. The van der Waals surface area contributed by atoms with E-state index in [1.165, 1.54) is 29.6 Å². The highest BCUT2D eigenvalue weighted by atomic mass is 32.2. The van der Waals surface area contributed by atoms with E-state index in [1.807, 2.05) is 6.92 Å². The van der Waals surface area contributed by atoms with Crippen LogP contribution in [0.1, 0.15) is 16.1 Å². The molecule has 0 radical (unpaired) electrons. The van der Waals surface area contributed by atoms with Gasteiger partial charge in [0.1, 0.15) is 11.5 Å². The first-order chi connectivity index (χ1) is 16.6. The summed E-state index contributed by atoms with van der Waals surface area (Å²) < 4.78 is 41.1. The number of aromatic carboxylic acids is 1. The summed E-state index contributed by atoms with van der Waals surface area (Å²) in [4.78, 5) is 19.4. The van der Waals surface area contributed by atoms with E-state index >= 15 is 0 Å². The van der Waals surface area contributed by atoms with Gasteiger partial charge >= 0.3 is 5.97 Å². The molecule has 176 valence electrons. The van der Waals surface area contributed by atoms with Gasteiger partial charge in [-0.2, -0.15) is 0 Å². The van der Waals surface area contributed by atoms with E-state index in [4.69, 9.17) is 0 Å². The molecule has 7 nitrogen and oxygen atoms in total. The van der Waals surface area contributed by atoms with Crippen LogP contribution in [0.3, 0.4) is 0 Å². The van der Waals surface area contributed by atoms with Crippen LogP contribution < -0.4 is 4.31 Å². The molecule has 2 aromatic heterocycles. The molecule has 0 saturated heterocycles. The number of hydrogen-bond acceptors (Lipinski definition) is 4. The molecular weight excluding hydrogens is 469 g/mol. The second-order valence-electron chi connectivity index (χ2n) is 8.23.